The summed E-state index contributed by atoms with van der Waals surface area (Å²) in [6, 6.07) is 6.52. The van der Waals surface area contributed by atoms with Crippen LogP contribution in [0.1, 0.15) is 37.2 Å². The van der Waals surface area contributed by atoms with E-state index in [4.69, 9.17) is 4.42 Å². The van der Waals surface area contributed by atoms with E-state index in [0.29, 0.717) is 35.0 Å². The topological polar surface area (TPSA) is 33.4 Å². The highest BCUT2D eigenvalue weighted by Gasteiger charge is 2.30. The lowest BCUT2D eigenvalue weighted by Crippen LogP contribution is -2.03. The Labute approximate surface area is 127 Å². The Morgan fingerprint density at radius 2 is 1.77 bits per heavy atom. The molecule has 22 heavy (non-hydrogen) atoms. The van der Waals surface area contributed by atoms with Crippen molar-refractivity contribution in [3.63, 3.8) is 0 Å². The van der Waals surface area contributed by atoms with E-state index < -0.39 is 11.7 Å². The number of rotatable bonds is 5. The standard InChI is InChI=1S/C17H19F3O2/c1-11(2)3-8-15-13(10-21)9-16(22-15)12-4-6-14(7-5-12)17(18,19)20/h4-7,9,11,21H,3,8,10H2,1-2H3. The molecule has 0 bridgehead atoms. The minimum absolute atomic E-state index is 0.141. The van der Waals surface area contributed by atoms with Gasteiger partial charge in [-0.1, -0.05) is 26.0 Å². The van der Waals surface area contributed by atoms with E-state index in [1.807, 2.05) is 0 Å². The fraction of sp³-hybridized carbons (Fsp3) is 0.412. The van der Waals surface area contributed by atoms with Crippen LogP contribution in [0.4, 0.5) is 13.2 Å². The van der Waals surface area contributed by atoms with Crippen LogP contribution < -0.4 is 0 Å². The van der Waals surface area contributed by atoms with Crippen molar-refractivity contribution >= 4 is 0 Å². The van der Waals surface area contributed by atoms with Gasteiger partial charge in [-0.15, -0.1) is 0 Å². The highest BCUT2D eigenvalue weighted by Crippen LogP contribution is 2.32. The molecule has 0 atom stereocenters. The summed E-state index contributed by atoms with van der Waals surface area (Å²) in [5, 5.41) is 9.39. The van der Waals surface area contributed by atoms with Crippen molar-refractivity contribution in [3.05, 3.63) is 47.2 Å². The molecular formula is C17H19F3O2. The van der Waals surface area contributed by atoms with Crippen LogP contribution in [0.2, 0.25) is 0 Å². The second kappa shape index (κ2) is 6.57. The molecule has 0 amide bonds. The monoisotopic (exact) mass is 312 g/mol. The molecule has 2 nitrogen and oxygen atoms in total. The SMILES string of the molecule is CC(C)CCc1oc(-c2ccc(C(F)(F)F)cc2)cc1CO. The number of aryl methyl sites for hydroxylation is 1. The van der Waals surface area contributed by atoms with Crippen LogP contribution in [-0.4, -0.2) is 5.11 Å². The summed E-state index contributed by atoms with van der Waals surface area (Å²) < 4.78 is 43.4. The molecule has 1 aromatic carbocycles. The predicted octanol–water partition coefficient (Wildman–Crippen LogP) is 5.05. The number of hydrogen-bond acceptors (Lipinski definition) is 2. The number of hydrogen-bond donors (Lipinski definition) is 1. The van der Waals surface area contributed by atoms with Gasteiger partial charge in [0.25, 0.3) is 0 Å². The number of aliphatic hydroxyl groups excluding tert-OH is 1. The first-order valence-electron chi connectivity index (χ1n) is 7.21. The third-order valence-corrected chi connectivity index (χ3v) is 3.51. The fourth-order valence-electron chi connectivity index (χ4n) is 2.20. The van der Waals surface area contributed by atoms with Gasteiger partial charge in [0.1, 0.15) is 11.5 Å². The van der Waals surface area contributed by atoms with E-state index in [9.17, 15) is 18.3 Å². The lowest BCUT2D eigenvalue weighted by molar-refractivity contribution is -0.137. The second-order valence-electron chi connectivity index (χ2n) is 5.72. The van der Waals surface area contributed by atoms with Gasteiger partial charge in [0.15, 0.2) is 0 Å². The molecule has 0 aliphatic carbocycles. The quantitative estimate of drug-likeness (QED) is 0.838. The predicted molar refractivity (Wildman–Crippen MR) is 78.2 cm³/mol. The van der Waals surface area contributed by atoms with Crippen molar-refractivity contribution < 1.29 is 22.7 Å². The van der Waals surface area contributed by atoms with Crippen molar-refractivity contribution in [2.75, 3.05) is 0 Å². The van der Waals surface area contributed by atoms with Crippen molar-refractivity contribution in [1.29, 1.82) is 0 Å². The first-order chi connectivity index (χ1) is 10.3. The maximum Gasteiger partial charge on any atom is 0.416 e. The van der Waals surface area contributed by atoms with E-state index in [-0.39, 0.29) is 6.61 Å². The van der Waals surface area contributed by atoms with Gasteiger partial charge >= 0.3 is 6.18 Å². The normalized spacial score (nSPS) is 12.1. The van der Waals surface area contributed by atoms with E-state index in [2.05, 4.69) is 13.8 Å². The van der Waals surface area contributed by atoms with Crippen LogP contribution in [0, 0.1) is 5.92 Å². The highest BCUT2D eigenvalue weighted by atomic mass is 19.4. The molecule has 0 fully saturated rings. The molecule has 1 N–H and O–H groups in total. The lowest BCUT2D eigenvalue weighted by Gasteiger charge is -2.06. The summed E-state index contributed by atoms with van der Waals surface area (Å²) in [7, 11) is 0. The molecule has 0 aliphatic heterocycles. The van der Waals surface area contributed by atoms with Gasteiger partial charge in [0.05, 0.1) is 12.2 Å². The molecule has 0 saturated heterocycles. The largest absolute Gasteiger partial charge is 0.461 e. The molecule has 1 heterocycles. The van der Waals surface area contributed by atoms with Gasteiger partial charge < -0.3 is 9.52 Å². The second-order valence-corrected chi connectivity index (χ2v) is 5.72. The number of furan rings is 1. The minimum Gasteiger partial charge on any atom is -0.461 e. The van der Waals surface area contributed by atoms with Gasteiger partial charge in [-0.05, 0) is 30.5 Å². The van der Waals surface area contributed by atoms with Crippen LogP contribution in [0.3, 0.4) is 0 Å². The van der Waals surface area contributed by atoms with Crippen molar-refractivity contribution in [2.24, 2.45) is 5.92 Å². The van der Waals surface area contributed by atoms with Crippen LogP contribution in [0.15, 0.2) is 34.7 Å². The summed E-state index contributed by atoms with van der Waals surface area (Å²) in [5.41, 5.74) is 0.569. The van der Waals surface area contributed by atoms with Gasteiger partial charge in [0.2, 0.25) is 0 Å². The summed E-state index contributed by atoms with van der Waals surface area (Å²) in [5.74, 6) is 1.69. The molecule has 0 saturated carbocycles. The zero-order valence-electron chi connectivity index (χ0n) is 12.6. The average Bonchev–Trinajstić information content (AvgIpc) is 2.87. The van der Waals surface area contributed by atoms with Crippen molar-refractivity contribution in [1.82, 2.24) is 0 Å². The number of alkyl halides is 3. The lowest BCUT2D eigenvalue weighted by atomic mass is 10.0. The Morgan fingerprint density at radius 1 is 1.14 bits per heavy atom. The van der Waals surface area contributed by atoms with E-state index >= 15 is 0 Å². The van der Waals surface area contributed by atoms with Gasteiger partial charge in [-0.3, -0.25) is 0 Å². The summed E-state index contributed by atoms with van der Waals surface area (Å²) >= 11 is 0. The van der Waals surface area contributed by atoms with Crippen molar-refractivity contribution in [2.45, 2.75) is 39.5 Å². The van der Waals surface area contributed by atoms with Crippen LogP contribution >= 0.6 is 0 Å². The first kappa shape index (κ1) is 16.6. The number of aliphatic hydroxyl groups is 1. The smallest absolute Gasteiger partial charge is 0.416 e. The third-order valence-electron chi connectivity index (χ3n) is 3.51. The van der Waals surface area contributed by atoms with Gasteiger partial charge in [-0.25, -0.2) is 0 Å². The molecule has 5 heteroatoms. The Hall–Kier alpha value is -1.75. The van der Waals surface area contributed by atoms with Crippen LogP contribution in [0.5, 0.6) is 0 Å². The van der Waals surface area contributed by atoms with Crippen molar-refractivity contribution in [3.8, 4) is 11.3 Å². The minimum atomic E-state index is -4.35. The van der Waals surface area contributed by atoms with E-state index in [1.165, 1.54) is 12.1 Å². The zero-order chi connectivity index (χ0) is 16.3. The summed E-state index contributed by atoms with van der Waals surface area (Å²) in [6.45, 7) is 4.05. The van der Waals surface area contributed by atoms with Gasteiger partial charge in [0, 0.05) is 17.5 Å². The third kappa shape index (κ3) is 3.91. The maximum atomic E-state index is 12.6. The molecule has 1 aromatic heterocycles. The Bertz CT molecular complexity index is 610. The Balaban J connectivity index is 2.25. The molecule has 0 spiro atoms. The molecular weight excluding hydrogens is 293 g/mol. The van der Waals surface area contributed by atoms with Crippen LogP contribution in [-0.2, 0) is 19.2 Å². The fourth-order valence-corrected chi connectivity index (χ4v) is 2.20. The Morgan fingerprint density at radius 3 is 2.27 bits per heavy atom. The maximum absolute atomic E-state index is 12.6. The molecule has 120 valence electrons. The number of halogens is 3. The van der Waals surface area contributed by atoms with E-state index in [0.717, 1.165) is 18.6 Å². The van der Waals surface area contributed by atoms with Gasteiger partial charge in [-0.2, -0.15) is 13.2 Å². The average molecular weight is 312 g/mol. The summed E-state index contributed by atoms with van der Waals surface area (Å²) in [4.78, 5) is 0. The summed E-state index contributed by atoms with van der Waals surface area (Å²) in [6.07, 6.45) is -2.72. The molecule has 2 rings (SSSR count). The zero-order valence-corrected chi connectivity index (χ0v) is 12.6. The molecule has 2 aromatic rings. The molecule has 0 unspecified atom stereocenters. The highest BCUT2D eigenvalue weighted by molar-refractivity contribution is 5.59. The van der Waals surface area contributed by atoms with Crippen LogP contribution in [0.25, 0.3) is 11.3 Å². The molecule has 0 radical (unpaired) electrons. The molecule has 0 aliphatic rings. The number of benzene rings is 1. The Kier molecular flexibility index (Phi) is 4.96. The first-order valence-corrected chi connectivity index (χ1v) is 7.21. The van der Waals surface area contributed by atoms with E-state index in [1.54, 1.807) is 6.07 Å².